The first-order valence-electron chi connectivity index (χ1n) is 8.93. The maximum absolute atomic E-state index is 13.0. The van der Waals surface area contributed by atoms with Gasteiger partial charge in [0.15, 0.2) is 0 Å². The van der Waals surface area contributed by atoms with E-state index in [2.05, 4.69) is 23.7 Å². The fourth-order valence-corrected chi connectivity index (χ4v) is 4.72. The van der Waals surface area contributed by atoms with E-state index in [9.17, 15) is 15.0 Å². The third-order valence-electron chi connectivity index (χ3n) is 6.03. The van der Waals surface area contributed by atoms with Crippen molar-refractivity contribution in [2.24, 2.45) is 17.8 Å². The summed E-state index contributed by atoms with van der Waals surface area (Å²) in [7, 11) is 0. The maximum Gasteiger partial charge on any atom is 0.228 e. The van der Waals surface area contributed by atoms with Gasteiger partial charge < -0.3 is 20.1 Å². The lowest BCUT2D eigenvalue weighted by molar-refractivity contribution is -0.150. The van der Waals surface area contributed by atoms with Crippen molar-refractivity contribution in [3.63, 3.8) is 0 Å². The molecule has 1 amide bonds. The van der Waals surface area contributed by atoms with Crippen LogP contribution in [0, 0.1) is 17.8 Å². The van der Waals surface area contributed by atoms with Crippen molar-refractivity contribution in [2.45, 2.75) is 18.9 Å². The Kier molecular flexibility index (Phi) is 4.13. The predicted molar refractivity (Wildman–Crippen MR) is 95.9 cm³/mol. The smallest absolute Gasteiger partial charge is 0.228 e. The number of aromatic amines is 1. The standard InChI is InChI=1S/C20H24N2O3/c1-2-12(10-23)15-9-18-19-14(13-5-3-4-6-17(13)21-19)7-8-22(18)20(25)16(15)11-24/h2-6,12,15-16,18,21,23-24H,1,7-11H2/t12?,15-,16-,18-/m0/s1. The van der Waals surface area contributed by atoms with Gasteiger partial charge in [0, 0.05) is 35.7 Å². The summed E-state index contributed by atoms with van der Waals surface area (Å²) in [4.78, 5) is 18.4. The second-order valence-corrected chi connectivity index (χ2v) is 7.13. The van der Waals surface area contributed by atoms with Crippen LogP contribution in [0.25, 0.3) is 10.9 Å². The Morgan fingerprint density at radius 3 is 2.88 bits per heavy atom. The minimum absolute atomic E-state index is 0.00615. The number of rotatable bonds is 4. The van der Waals surface area contributed by atoms with E-state index in [1.165, 1.54) is 10.9 Å². The molecule has 3 N–H and O–H groups in total. The van der Waals surface area contributed by atoms with Gasteiger partial charge in [-0.3, -0.25) is 4.79 Å². The number of carbonyl (C=O) groups is 1. The normalized spacial score (nSPS) is 27.0. The number of aromatic nitrogens is 1. The number of piperidine rings is 1. The largest absolute Gasteiger partial charge is 0.396 e. The fraction of sp³-hybridized carbons (Fsp3) is 0.450. The Morgan fingerprint density at radius 1 is 1.36 bits per heavy atom. The van der Waals surface area contributed by atoms with Crippen LogP contribution in [0.1, 0.15) is 23.7 Å². The van der Waals surface area contributed by atoms with Gasteiger partial charge in [0.1, 0.15) is 0 Å². The minimum atomic E-state index is -0.461. The number of aliphatic hydroxyl groups is 2. The highest BCUT2D eigenvalue weighted by atomic mass is 16.3. The number of aliphatic hydroxyl groups excluding tert-OH is 2. The second kappa shape index (κ2) is 6.32. The Labute approximate surface area is 147 Å². The lowest BCUT2D eigenvalue weighted by Crippen LogP contribution is -2.52. The van der Waals surface area contributed by atoms with E-state index in [-0.39, 0.29) is 37.0 Å². The summed E-state index contributed by atoms with van der Waals surface area (Å²) in [5.41, 5.74) is 3.51. The van der Waals surface area contributed by atoms with Crippen LogP contribution in [0.4, 0.5) is 0 Å². The average Bonchev–Trinajstić information content (AvgIpc) is 3.02. The van der Waals surface area contributed by atoms with Crippen LogP contribution < -0.4 is 0 Å². The van der Waals surface area contributed by atoms with Crippen molar-refractivity contribution in [1.29, 1.82) is 0 Å². The Balaban J connectivity index is 1.78. The number of nitrogens with zero attached hydrogens (tertiary/aromatic N) is 1. The summed E-state index contributed by atoms with van der Waals surface area (Å²) >= 11 is 0. The van der Waals surface area contributed by atoms with E-state index >= 15 is 0 Å². The van der Waals surface area contributed by atoms with Gasteiger partial charge in [-0.25, -0.2) is 0 Å². The molecule has 1 aromatic heterocycles. The summed E-state index contributed by atoms with van der Waals surface area (Å²) in [6.07, 6.45) is 3.27. The van der Waals surface area contributed by atoms with Gasteiger partial charge in [-0.2, -0.15) is 0 Å². The lowest BCUT2D eigenvalue weighted by atomic mass is 9.72. The predicted octanol–water partition coefficient (Wildman–Crippen LogP) is 2.02. The number of amides is 1. The molecule has 0 bridgehead atoms. The molecular weight excluding hydrogens is 316 g/mol. The van der Waals surface area contributed by atoms with E-state index in [1.54, 1.807) is 6.08 Å². The summed E-state index contributed by atoms with van der Waals surface area (Å²) in [5.74, 6) is -0.748. The summed E-state index contributed by atoms with van der Waals surface area (Å²) in [5, 5.41) is 20.7. The van der Waals surface area contributed by atoms with Crippen LogP contribution in [0.5, 0.6) is 0 Å². The van der Waals surface area contributed by atoms with Gasteiger partial charge in [-0.05, 0) is 30.4 Å². The molecular formula is C20H24N2O3. The van der Waals surface area contributed by atoms with Gasteiger partial charge >= 0.3 is 0 Å². The van der Waals surface area contributed by atoms with E-state index in [4.69, 9.17) is 0 Å². The molecule has 3 heterocycles. The molecule has 0 aliphatic carbocycles. The monoisotopic (exact) mass is 340 g/mol. The van der Waals surface area contributed by atoms with Crippen molar-refractivity contribution in [1.82, 2.24) is 9.88 Å². The second-order valence-electron chi connectivity index (χ2n) is 7.13. The van der Waals surface area contributed by atoms with Crippen molar-refractivity contribution in [2.75, 3.05) is 19.8 Å². The molecule has 25 heavy (non-hydrogen) atoms. The Hall–Kier alpha value is -2.11. The van der Waals surface area contributed by atoms with Crippen molar-refractivity contribution in [3.8, 4) is 0 Å². The quantitative estimate of drug-likeness (QED) is 0.745. The molecule has 1 saturated heterocycles. The summed E-state index contributed by atoms with van der Waals surface area (Å²) in [6.45, 7) is 4.25. The van der Waals surface area contributed by atoms with E-state index in [1.807, 2.05) is 17.0 Å². The molecule has 0 saturated carbocycles. The molecule has 5 nitrogen and oxygen atoms in total. The fourth-order valence-electron chi connectivity index (χ4n) is 4.72. The first-order chi connectivity index (χ1) is 12.2. The first kappa shape index (κ1) is 16.4. The van der Waals surface area contributed by atoms with E-state index < -0.39 is 5.92 Å². The van der Waals surface area contributed by atoms with Crippen molar-refractivity contribution < 1.29 is 15.0 Å². The third kappa shape index (κ3) is 2.41. The maximum atomic E-state index is 13.0. The molecule has 4 rings (SSSR count). The van der Waals surface area contributed by atoms with Crippen LogP contribution >= 0.6 is 0 Å². The number of hydrogen-bond donors (Lipinski definition) is 3. The summed E-state index contributed by atoms with van der Waals surface area (Å²) in [6, 6.07) is 8.22. The van der Waals surface area contributed by atoms with Crippen LogP contribution in [-0.2, 0) is 11.2 Å². The minimum Gasteiger partial charge on any atom is -0.396 e. The number of benzene rings is 1. The van der Waals surface area contributed by atoms with Crippen molar-refractivity contribution >= 4 is 16.8 Å². The molecule has 5 heteroatoms. The number of hydrogen-bond acceptors (Lipinski definition) is 3. The van der Waals surface area contributed by atoms with Gasteiger partial charge in [-0.15, -0.1) is 6.58 Å². The Bertz CT molecular complexity index is 812. The topological polar surface area (TPSA) is 76.6 Å². The third-order valence-corrected chi connectivity index (χ3v) is 6.03. The highest BCUT2D eigenvalue weighted by Gasteiger charge is 2.46. The van der Waals surface area contributed by atoms with Crippen molar-refractivity contribution in [3.05, 3.63) is 48.2 Å². The lowest BCUT2D eigenvalue weighted by Gasteiger charge is -2.47. The highest BCUT2D eigenvalue weighted by Crippen LogP contribution is 2.45. The SMILES string of the molecule is C=CC(CO)[C@@H]1C[C@H]2c3[nH]c4ccccc4c3CCN2C(=O)[C@H]1CO. The first-order valence-corrected chi connectivity index (χ1v) is 8.93. The zero-order valence-corrected chi connectivity index (χ0v) is 14.2. The molecule has 1 fully saturated rings. The molecule has 4 atom stereocenters. The van der Waals surface area contributed by atoms with Crippen LogP contribution in [-0.4, -0.2) is 45.8 Å². The van der Waals surface area contributed by atoms with Gasteiger partial charge in [0.2, 0.25) is 5.91 Å². The number of carbonyl (C=O) groups excluding carboxylic acids is 1. The van der Waals surface area contributed by atoms with Gasteiger partial charge in [-0.1, -0.05) is 24.3 Å². The zero-order valence-electron chi connectivity index (χ0n) is 14.2. The van der Waals surface area contributed by atoms with Gasteiger partial charge in [0.05, 0.1) is 18.6 Å². The molecule has 0 radical (unpaired) electrons. The molecule has 0 spiro atoms. The number of fused-ring (bicyclic) bond motifs is 5. The average molecular weight is 340 g/mol. The molecule has 2 aliphatic heterocycles. The molecule has 1 aromatic carbocycles. The molecule has 1 unspecified atom stereocenters. The van der Waals surface area contributed by atoms with E-state index in [0.29, 0.717) is 6.54 Å². The van der Waals surface area contributed by atoms with Crippen LogP contribution in [0.3, 0.4) is 0 Å². The number of H-pyrrole nitrogens is 1. The summed E-state index contributed by atoms with van der Waals surface area (Å²) < 4.78 is 0. The molecule has 2 aliphatic rings. The van der Waals surface area contributed by atoms with Crippen LogP contribution in [0.15, 0.2) is 36.9 Å². The van der Waals surface area contributed by atoms with Crippen LogP contribution in [0.2, 0.25) is 0 Å². The number of nitrogens with one attached hydrogen (secondary N) is 1. The zero-order chi connectivity index (χ0) is 17.6. The highest BCUT2D eigenvalue weighted by molar-refractivity contribution is 5.87. The van der Waals surface area contributed by atoms with Gasteiger partial charge in [0.25, 0.3) is 0 Å². The Morgan fingerprint density at radius 2 is 2.16 bits per heavy atom. The number of para-hydroxylation sites is 1. The molecule has 2 aromatic rings. The molecule has 132 valence electrons. The van der Waals surface area contributed by atoms with E-state index in [0.717, 1.165) is 24.1 Å².